The van der Waals surface area contributed by atoms with Crippen molar-refractivity contribution in [2.75, 3.05) is 27.3 Å². The highest BCUT2D eigenvalue weighted by Gasteiger charge is 2.34. The van der Waals surface area contributed by atoms with Gasteiger partial charge in [-0.15, -0.1) is 0 Å². The Morgan fingerprint density at radius 1 is 1.10 bits per heavy atom. The van der Waals surface area contributed by atoms with Gasteiger partial charge >= 0.3 is 0 Å². The fourth-order valence-corrected chi connectivity index (χ4v) is 4.41. The highest BCUT2D eigenvalue weighted by Crippen LogP contribution is 2.30. The van der Waals surface area contributed by atoms with Crippen LogP contribution in [0.5, 0.6) is 5.88 Å². The van der Waals surface area contributed by atoms with Crippen molar-refractivity contribution in [3.63, 3.8) is 0 Å². The Kier molecular flexibility index (Phi) is 6.26. The summed E-state index contributed by atoms with van der Waals surface area (Å²) in [5, 5.41) is 0. The lowest BCUT2D eigenvalue weighted by Gasteiger charge is -2.41. The maximum Gasteiger partial charge on any atom is 0.212 e. The van der Waals surface area contributed by atoms with E-state index in [1.807, 2.05) is 7.11 Å². The normalized spacial score (nSPS) is 21.7. The van der Waals surface area contributed by atoms with Crippen LogP contribution in [0.4, 0.5) is 0 Å². The minimum Gasteiger partial charge on any atom is -0.481 e. The summed E-state index contributed by atoms with van der Waals surface area (Å²) in [7, 11) is 3.39. The van der Waals surface area contributed by atoms with E-state index in [1.165, 1.54) is 29.5 Å². The van der Waals surface area contributed by atoms with Gasteiger partial charge in [-0.1, -0.05) is 18.2 Å². The molecule has 1 aliphatic heterocycles. The number of benzene rings is 1. The quantitative estimate of drug-likeness (QED) is 0.673. The van der Waals surface area contributed by atoms with Gasteiger partial charge in [0.05, 0.1) is 13.2 Å². The van der Waals surface area contributed by atoms with Crippen LogP contribution >= 0.6 is 0 Å². The predicted octanol–water partition coefficient (Wildman–Crippen LogP) is 3.48. The zero-order valence-electron chi connectivity index (χ0n) is 17.4. The number of pyridine rings is 1. The number of aryl methyl sites for hydroxylation is 1. The molecular formula is C24H30N2O3. The van der Waals surface area contributed by atoms with Crippen molar-refractivity contribution in [3.8, 4) is 5.88 Å². The van der Waals surface area contributed by atoms with Gasteiger partial charge in [0.15, 0.2) is 5.78 Å². The van der Waals surface area contributed by atoms with Crippen LogP contribution in [0.25, 0.3) is 0 Å². The molecule has 0 bridgehead atoms. The van der Waals surface area contributed by atoms with Gasteiger partial charge in [-0.2, -0.15) is 0 Å². The van der Waals surface area contributed by atoms with E-state index in [1.54, 1.807) is 25.4 Å². The molecule has 1 aromatic carbocycles. The van der Waals surface area contributed by atoms with Gasteiger partial charge in [0, 0.05) is 50.5 Å². The number of carbonyl (C=O) groups is 1. The van der Waals surface area contributed by atoms with Crippen LogP contribution in [0.1, 0.15) is 46.3 Å². The van der Waals surface area contributed by atoms with Gasteiger partial charge in [0.25, 0.3) is 0 Å². The van der Waals surface area contributed by atoms with Gasteiger partial charge in [-0.05, 0) is 54.9 Å². The minimum atomic E-state index is 0.124. The first-order chi connectivity index (χ1) is 14.2. The Hall–Kier alpha value is -2.24. The van der Waals surface area contributed by atoms with E-state index in [9.17, 15) is 4.79 Å². The summed E-state index contributed by atoms with van der Waals surface area (Å²) in [6.07, 6.45) is 7.85. The van der Waals surface area contributed by atoms with Gasteiger partial charge in [-0.3, -0.25) is 9.69 Å². The van der Waals surface area contributed by atoms with Crippen molar-refractivity contribution >= 4 is 5.78 Å². The van der Waals surface area contributed by atoms with Crippen LogP contribution in [0.3, 0.4) is 0 Å². The lowest BCUT2D eigenvalue weighted by Crippen LogP contribution is -2.48. The summed E-state index contributed by atoms with van der Waals surface area (Å²) in [4.78, 5) is 19.2. The third kappa shape index (κ3) is 4.68. The summed E-state index contributed by atoms with van der Waals surface area (Å²) in [5.74, 6) is 0.653. The maximum atomic E-state index is 12.5. The van der Waals surface area contributed by atoms with Crippen LogP contribution in [0.2, 0.25) is 0 Å². The molecule has 4 rings (SSSR count). The van der Waals surface area contributed by atoms with Crippen LogP contribution in [0, 0.1) is 0 Å². The van der Waals surface area contributed by atoms with Gasteiger partial charge in [0.1, 0.15) is 0 Å². The van der Waals surface area contributed by atoms with E-state index in [0.717, 1.165) is 32.4 Å². The molecule has 5 nitrogen and oxygen atoms in total. The number of methoxy groups -OCH3 is 2. The smallest absolute Gasteiger partial charge is 0.212 e. The molecule has 154 valence electrons. The number of Topliss-reactive ketones (excluding diaryl/α,β-unsaturated/α-hetero) is 1. The van der Waals surface area contributed by atoms with Gasteiger partial charge < -0.3 is 9.47 Å². The standard InChI is InChI=1S/C24H30N2O3/c1-28-22-14-21(15-22)26-11-9-18-5-3-17(13-19(18)10-12-26)4-7-23(27)20-6-8-24(29-2)25-16-20/h3,5-6,8,13,16,21-22H,4,7,9-12,14-15H2,1-2H3. The first-order valence-corrected chi connectivity index (χ1v) is 10.6. The summed E-state index contributed by atoms with van der Waals surface area (Å²) in [6, 6.07) is 11.0. The molecule has 0 amide bonds. The maximum absolute atomic E-state index is 12.5. The number of nitrogens with zero attached hydrogens (tertiary/aromatic N) is 2. The molecule has 0 N–H and O–H groups in total. The van der Waals surface area contributed by atoms with Crippen LogP contribution in [-0.2, 0) is 24.0 Å². The van der Waals surface area contributed by atoms with Gasteiger partial charge in [-0.25, -0.2) is 4.98 Å². The second kappa shape index (κ2) is 9.06. The van der Waals surface area contributed by atoms with E-state index in [0.29, 0.717) is 30.0 Å². The zero-order chi connectivity index (χ0) is 20.2. The second-order valence-corrected chi connectivity index (χ2v) is 8.13. The minimum absolute atomic E-state index is 0.124. The average molecular weight is 395 g/mol. The molecule has 1 aliphatic carbocycles. The topological polar surface area (TPSA) is 51.7 Å². The highest BCUT2D eigenvalue weighted by molar-refractivity contribution is 5.95. The van der Waals surface area contributed by atoms with Crippen molar-refractivity contribution in [2.45, 2.75) is 50.7 Å². The summed E-state index contributed by atoms with van der Waals surface area (Å²) in [5.41, 5.74) is 4.80. The lowest BCUT2D eigenvalue weighted by molar-refractivity contribution is -0.0258. The molecule has 0 atom stereocenters. The molecule has 1 fully saturated rings. The Morgan fingerprint density at radius 3 is 2.59 bits per heavy atom. The molecule has 2 aliphatic rings. The van der Waals surface area contributed by atoms with E-state index in [-0.39, 0.29) is 5.78 Å². The molecule has 0 radical (unpaired) electrons. The first kappa shape index (κ1) is 20.0. The number of hydrogen-bond donors (Lipinski definition) is 0. The van der Waals surface area contributed by atoms with Gasteiger partial charge in [0.2, 0.25) is 5.88 Å². The van der Waals surface area contributed by atoms with Crippen molar-refractivity contribution in [1.29, 1.82) is 0 Å². The molecule has 2 aromatic rings. The summed E-state index contributed by atoms with van der Waals surface area (Å²) < 4.78 is 10.5. The number of ketones is 1. The predicted molar refractivity (Wildman–Crippen MR) is 113 cm³/mol. The zero-order valence-corrected chi connectivity index (χ0v) is 17.4. The largest absolute Gasteiger partial charge is 0.481 e. The fourth-order valence-electron chi connectivity index (χ4n) is 4.41. The second-order valence-electron chi connectivity index (χ2n) is 8.13. The van der Waals surface area contributed by atoms with E-state index < -0.39 is 0 Å². The Balaban J connectivity index is 1.33. The van der Waals surface area contributed by atoms with Crippen molar-refractivity contribution in [2.24, 2.45) is 0 Å². The van der Waals surface area contributed by atoms with Crippen molar-refractivity contribution in [3.05, 3.63) is 58.8 Å². The third-order valence-electron chi connectivity index (χ3n) is 6.44. The Labute approximate surface area is 173 Å². The molecular weight excluding hydrogens is 364 g/mol. The summed E-state index contributed by atoms with van der Waals surface area (Å²) in [6.45, 7) is 2.25. The number of carbonyl (C=O) groups excluding carboxylic acids is 1. The van der Waals surface area contributed by atoms with Crippen LogP contribution in [-0.4, -0.2) is 55.1 Å². The van der Waals surface area contributed by atoms with E-state index >= 15 is 0 Å². The molecule has 0 spiro atoms. The highest BCUT2D eigenvalue weighted by atomic mass is 16.5. The van der Waals surface area contributed by atoms with Crippen LogP contribution in [0.15, 0.2) is 36.5 Å². The average Bonchev–Trinajstić information content (AvgIpc) is 2.94. The van der Waals surface area contributed by atoms with E-state index in [4.69, 9.17) is 9.47 Å². The van der Waals surface area contributed by atoms with Crippen molar-refractivity contribution < 1.29 is 14.3 Å². The number of aromatic nitrogens is 1. The van der Waals surface area contributed by atoms with Crippen LogP contribution < -0.4 is 4.74 Å². The molecule has 0 saturated heterocycles. The molecule has 0 unspecified atom stereocenters. The number of hydrogen-bond acceptors (Lipinski definition) is 5. The molecule has 2 heterocycles. The molecule has 29 heavy (non-hydrogen) atoms. The Morgan fingerprint density at radius 2 is 1.90 bits per heavy atom. The monoisotopic (exact) mass is 394 g/mol. The molecule has 1 saturated carbocycles. The number of fused-ring (bicyclic) bond motifs is 1. The number of ether oxygens (including phenoxy) is 2. The Bertz CT molecular complexity index is 844. The third-order valence-corrected chi connectivity index (χ3v) is 6.44. The number of rotatable bonds is 7. The molecule has 5 heteroatoms. The fraction of sp³-hybridized carbons (Fsp3) is 0.500. The lowest BCUT2D eigenvalue weighted by atomic mass is 9.87. The first-order valence-electron chi connectivity index (χ1n) is 10.6. The van der Waals surface area contributed by atoms with E-state index in [2.05, 4.69) is 28.1 Å². The van der Waals surface area contributed by atoms with Crippen molar-refractivity contribution in [1.82, 2.24) is 9.88 Å². The molecule has 1 aromatic heterocycles. The summed E-state index contributed by atoms with van der Waals surface area (Å²) >= 11 is 0. The SMILES string of the molecule is COc1ccc(C(=O)CCc2ccc3c(c2)CCN(C2CC(OC)C2)CC3)cn1.